The number of morpholine rings is 1. The summed E-state index contributed by atoms with van der Waals surface area (Å²) in [6.07, 6.45) is 0.660. The van der Waals surface area contributed by atoms with E-state index in [4.69, 9.17) is 4.74 Å². The maximum absolute atomic E-state index is 14.1. The fourth-order valence-corrected chi connectivity index (χ4v) is 2.75. The molecule has 3 nitrogen and oxygen atoms in total. The Bertz CT molecular complexity index is 436. The van der Waals surface area contributed by atoms with Crippen molar-refractivity contribution in [3.8, 4) is 0 Å². The number of rotatable bonds is 6. The van der Waals surface area contributed by atoms with Crippen molar-refractivity contribution in [2.45, 2.75) is 32.4 Å². The molecule has 0 radical (unpaired) electrons. The zero-order valence-electron chi connectivity index (χ0n) is 12.7. The molecule has 118 valence electrons. The minimum atomic E-state index is -0.513. The molecule has 0 saturated carbocycles. The van der Waals surface area contributed by atoms with E-state index in [9.17, 15) is 8.78 Å². The van der Waals surface area contributed by atoms with E-state index in [1.54, 1.807) is 0 Å². The third-order valence-electron chi connectivity index (χ3n) is 3.92. The molecule has 2 atom stereocenters. The van der Waals surface area contributed by atoms with Crippen LogP contribution >= 0.6 is 0 Å². The lowest BCUT2D eigenvalue weighted by atomic mass is 9.98. The van der Waals surface area contributed by atoms with E-state index in [2.05, 4.69) is 17.1 Å². The highest BCUT2D eigenvalue weighted by molar-refractivity contribution is 5.24. The molecular weight excluding hydrogens is 274 g/mol. The molecule has 2 rings (SSSR count). The van der Waals surface area contributed by atoms with Gasteiger partial charge in [-0.1, -0.05) is 19.9 Å². The fourth-order valence-electron chi connectivity index (χ4n) is 2.75. The van der Waals surface area contributed by atoms with E-state index < -0.39 is 17.7 Å². The van der Waals surface area contributed by atoms with Crippen LogP contribution in [0.2, 0.25) is 0 Å². The Morgan fingerprint density at radius 2 is 2.05 bits per heavy atom. The van der Waals surface area contributed by atoms with Crippen LogP contribution in [-0.4, -0.2) is 43.8 Å². The van der Waals surface area contributed by atoms with Gasteiger partial charge in [-0.15, -0.1) is 0 Å². The molecule has 1 saturated heterocycles. The van der Waals surface area contributed by atoms with Crippen molar-refractivity contribution >= 4 is 0 Å². The summed E-state index contributed by atoms with van der Waals surface area (Å²) in [5.41, 5.74) is 0.0916. The first kappa shape index (κ1) is 16.3. The molecule has 0 amide bonds. The number of nitrogens with one attached hydrogen (secondary N) is 1. The normalized spacial score (nSPS) is 21.4. The standard InChI is InChI=1S/C16H24F2N2O/c1-3-8-19-16(14-11-20(4-2)9-10-21-14)15-12(17)6-5-7-13(15)18/h5-7,14,16,19H,3-4,8-11H2,1-2H3. The fraction of sp³-hybridized carbons (Fsp3) is 0.625. The number of hydrogen-bond donors (Lipinski definition) is 1. The van der Waals surface area contributed by atoms with Gasteiger partial charge in [0.25, 0.3) is 0 Å². The van der Waals surface area contributed by atoms with Crippen molar-refractivity contribution in [2.75, 3.05) is 32.8 Å². The summed E-state index contributed by atoms with van der Waals surface area (Å²) in [5.74, 6) is -1.03. The third kappa shape index (κ3) is 3.99. The smallest absolute Gasteiger partial charge is 0.131 e. The first-order valence-corrected chi connectivity index (χ1v) is 7.68. The highest BCUT2D eigenvalue weighted by Crippen LogP contribution is 2.27. The molecule has 5 heteroatoms. The Hall–Kier alpha value is -1.04. The maximum atomic E-state index is 14.1. The van der Waals surface area contributed by atoms with E-state index in [1.165, 1.54) is 18.2 Å². The van der Waals surface area contributed by atoms with Crippen LogP contribution in [0.1, 0.15) is 31.9 Å². The Kier molecular flexibility index (Phi) is 6.08. The van der Waals surface area contributed by atoms with Gasteiger partial charge in [-0.2, -0.15) is 0 Å². The van der Waals surface area contributed by atoms with Crippen LogP contribution in [0.3, 0.4) is 0 Å². The van der Waals surface area contributed by atoms with E-state index >= 15 is 0 Å². The van der Waals surface area contributed by atoms with Crippen LogP contribution in [0.4, 0.5) is 8.78 Å². The summed E-state index contributed by atoms with van der Waals surface area (Å²) in [6, 6.07) is 3.55. The second-order valence-corrected chi connectivity index (χ2v) is 5.37. The molecule has 0 spiro atoms. The van der Waals surface area contributed by atoms with E-state index in [0.717, 1.165) is 19.5 Å². The monoisotopic (exact) mass is 298 g/mol. The third-order valence-corrected chi connectivity index (χ3v) is 3.92. The minimum Gasteiger partial charge on any atom is -0.374 e. The molecule has 1 aromatic rings. The Morgan fingerprint density at radius 3 is 2.67 bits per heavy atom. The van der Waals surface area contributed by atoms with E-state index in [0.29, 0.717) is 19.7 Å². The van der Waals surface area contributed by atoms with Crippen LogP contribution in [-0.2, 0) is 4.74 Å². The zero-order chi connectivity index (χ0) is 15.2. The Morgan fingerprint density at radius 1 is 1.33 bits per heavy atom. The van der Waals surface area contributed by atoms with Gasteiger partial charge in [0.15, 0.2) is 0 Å². The summed E-state index contributed by atoms with van der Waals surface area (Å²) in [6.45, 7) is 7.88. The highest BCUT2D eigenvalue weighted by atomic mass is 19.1. The number of benzene rings is 1. The molecule has 21 heavy (non-hydrogen) atoms. The van der Waals surface area contributed by atoms with Gasteiger partial charge in [0.05, 0.1) is 18.8 Å². The zero-order valence-corrected chi connectivity index (χ0v) is 12.7. The SMILES string of the molecule is CCCNC(c1c(F)cccc1F)C1CN(CC)CCO1. The lowest BCUT2D eigenvalue weighted by Gasteiger charge is -2.37. The molecule has 1 aliphatic heterocycles. The lowest BCUT2D eigenvalue weighted by Crippen LogP contribution is -2.48. The maximum Gasteiger partial charge on any atom is 0.131 e. The number of hydrogen-bond acceptors (Lipinski definition) is 3. The van der Waals surface area contributed by atoms with Crippen molar-refractivity contribution in [3.63, 3.8) is 0 Å². The van der Waals surface area contributed by atoms with Gasteiger partial charge < -0.3 is 10.1 Å². The first-order chi connectivity index (χ1) is 10.2. The summed E-state index contributed by atoms with van der Waals surface area (Å²) in [7, 11) is 0. The van der Waals surface area contributed by atoms with Crippen molar-refractivity contribution in [2.24, 2.45) is 0 Å². The van der Waals surface area contributed by atoms with Gasteiger partial charge >= 0.3 is 0 Å². The molecule has 0 bridgehead atoms. The predicted octanol–water partition coefficient (Wildman–Crippen LogP) is 2.73. The summed E-state index contributed by atoms with van der Waals surface area (Å²) in [4.78, 5) is 2.24. The molecule has 1 heterocycles. The van der Waals surface area contributed by atoms with Crippen molar-refractivity contribution in [3.05, 3.63) is 35.4 Å². The van der Waals surface area contributed by atoms with E-state index in [1.807, 2.05) is 6.92 Å². The van der Waals surface area contributed by atoms with Crippen LogP contribution in [0.5, 0.6) is 0 Å². The molecule has 1 aliphatic rings. The number of nitrogens with zero attached hydrogens (tertiary/aromatic N) is 1. The molecule has 1 N–H and O–H groups in total. The summed E-state index contributed by atoms with van der Waals surface area (Å²) in [5, 5.41) is 3.25. The Labute approximate surface area is 125 Å². The number of ether oxygens (including phenoxy) is 1. The topological polar surface area (TPSA) is 24.5 Å². The predicted molar refractivity (Wildman–Crippen MR) is 79.2 cm³/mol. The first-order valence-electron chi connectivity index (χ1n) is 7.68. The van der Waals surface area contributed by atoms with Crippen LogP contribution in [0.15, 0.2) is 18.2 Å². The molecule has 2 unspecified atom stereocenters. The second kappa shape index (κ2) is 7.82. The van der Waals surface area contributed by atoms with Crippen molar-refractivity contribution < 1.29 is 13.5 Å². The van der Waals surface area contributed by atoms with Gasteiger partial charge in [0, 0.05) is 18.7 Å². The van der Waals surface area contributed by atoms with Crippen LogP contribution < -0.4 is 5.32 Å². The van der Waals surface area contributed by atoms with Crippen molar-refractivity contribution in [1.29, 1.82) is 0 Å². The molecule has 1 aromatic carbocycles. The summed E-state index contributed by atoms with van der Waals surface area (Å²) >= 11 is 0. The Balaban J connectivity index is 2.25. The second-order valence-electron chi connectivity index (χ2n) is 5.37. The van der Waals surface area contributed by atoms with Gasteiger partial charge in [-0.05, 0) is 31.6 Å². The van der Waals surface area contributed by atoms with Crippen LogP contribution in [0, 0.1) is 11.6 Å². The van der Waals surface area contributed by atoms with Gasteiger partial charge in [0.2, 0.25) is 0 Å². The molecule has 1 fully saturated rings. The van der Waals surface area contributed by atoms with Gasteiger partial charge in [0.1, 0.15) is 11.6 Å². The number of likely N-dealkylation sites (N-methyl/N-ethyl adjacent to an activating group) is 1. The van der Waals surface area contributed by atoms with E-state index in [-0.39, 0.29) is 11.7 Å². The molecule has 0 aliphatic carbocycles. The lowest BCUT2D eigenvalue weighted by molar-refractivity contribution is -0.0466. The minimum absolute atomic E-state index is 0.0916. The quantitative estimate of drug-likeness (QED) is 0.874. The number of halogens is 2. The van der Waals surface area contributed by atoms with Gasteiger partial charge in [-0.3, -0.25) is 4.90 Å². The average molecular weight is 298 g/mol. The molecular formula is C16H24F2N2O. The largest absolute Gasteiger partial charge is 0.374 e. The van der Waals surface area contributed by atoms with Gasteiger partial charge in [-0.25, -0.2) is 8.78 Å². The molecule has 0 aromatic heterocycles. The van der Waals surface area contributed by atoms with Crippen molar-refractivity contribution in [1.82, 2.24) is 10.2 Å². The average Bonchev–Trinajstić information content (AvgIpc) is 2.50. The van der Waals surface area contributed by atoms with Crippen LogP contribution in [0.25, 0.3) is 0 Å². The highest BCUT2D eigenvalue weighted by Gasteiger charge is 2.32. The summed E-state index contributed by atoms with van der Waals surface area (Å²) < 4.78 is 34.0.